The number of nitrogens with zero attached hydrogens (tertiary/aromatic N) is 2. The van der Waals surface area contributed by atoms with Gasteiger partial charge in [0.25, 0.3) is 0 Å². The molecule has 2 aliphatic heterocycles. The van der Waals surface area contributed by atoms with Crippen LogP contribution >= 0.6 is 0 Å². The Morgan fingerprint density at radius 2 is 2.24 bits per heavy atom. The third-order valence-electron chi connectivity index (χ3n) is 4.56. The van der Waals surface area contributed by atoms with Gasteiger partial charge < -0.3 is 20.7 Å². The molecule has 0 saturated carbocycles. The minimum absolute atomic E-state index is 0.0687. The maximum Gasteiger partial charge on any atom is 0.317 e. The maximum atomic E-state index is 12.3. The molecule has 0 aromatic carbocycles. The second-order valence-electron chi connectivity index (χ2n) is 6.03. The van der Waals surface area contributed by atoms with Gasteiger partial charge in [0.2, 0.25) is 0 Å². The first kappa shape index (κ1) is 16.5. The van der Waals surface area contributed by atoms with Crippen molar-refractivity contribution >= 4 is 6.03 Å². The van der Waals surface area contributed by atoms with E-state index in [-0.39, 0.29) is 12.1 Å². The molecule has 2 heterocycles. The highest BCUT2D eigenvalue weighted by Gasteiger charge is 2.25. The van der Waals surface area contributed by atoms with Crippen molar-refractivity contribution in [3.05, 3.63) is 0 Å². The van der Waals surface area contributed by atoms with Crippen molar-refractivity contribution in [3.63, 3.8) is 0 Å². The van der Waals surface area contributed by atoms with E-state index in [1.807, 2.05) is 4.90 Å². The molecule has 6 nitrogen and oxygen atoms in total. The maximum absolute atomic E-state index is 12.3. The summed E-state index contributed by atoms with van der Waals surface area (Å²) >= 11 is 0. The number of hydrogen-bond acceptors (Lipinski definition) is 4. The molecule has 21 heavy (non-hydrogen) atoms. The zero-order chi connectivity index (χ0) is 15.1. The molecule has 2 unspecified atom stereocenters. The molecule has 2 rings (SSSR count). The SMILES string of the molecule is CCC(CCN)N1CCCN(C(=O)NC2CCOC2)CC1. The summed E-state index contributed by atoms with van der Waals surface area (Å²) in [6, 6.07) is 0.818. The van der Waals surface area contributed by atoms with Crippen LogP contribution in [0.25, 0.3) is 0 Å². The Hall–Kier alpha value is -0.850. The van der Waals surface area contributed by atoms with E-state index in [9.17, 15) is 4.79 Å². The zero-order valence-corrected chi connectivity index (χ0v) is 13.2. The van der Waals surface area contributed by atoms with E-state index in [0.29, 0.717) is 12.6 Å². The molecule has 0 radical (unpaired) electrons. The molecule has 3 N–H and O–H groups in total. The Labute approximate surface area is 128 Å². The Morgan fingerprint density at radius 3 is 2.90 bits per heavy atom. The minimum atomic E-state index is 0.0687. The summed E-state index contributed by atoms with van der Waals surface area (Å²) in [5.74, 6) is 0. The van der Waals surface area contributed by atoms with E-state index in [0.717, 1.165) is 65.0 Å². The number of ether oxygens (including phenoxy) is 1. The topological polar surface area (TPSA) is 70.8 Å². The molecule has 2 aliphatic rings. The van der Waals surface area contributed by atoms with E-state index >= 15 is 0 Å². The Bertz CT molecular complexity index is 321. The third kappa shape index (κ3) is 4.83. The Balaban J connectivity index is 1.80. The Morgan fingerprint density at radius 1 is 1.38 bits per heavy atom. The van der Waals surface area contributed by atoms with Gasteiger partial charge in [-0.2, -0.15) is 0 Å². The molecule has 2 amide bonds. The second kappa shape index (κ2) is 8.56. The molecule has 2 atom stereocenters. The van der Waals surface area contributed by atoms with Crippen molar-refractivity contribution in [2.75, 3.05) is 45.9 Å². The van der Waals surface area contributed by atoms with Gasteiger partial charge in [0.1, 0.15) is 0 Å². The molecule has 2 saturated heterocycles. The lowest BCUT2D eigenvalue weighted by molar-refractivity contribution is 0.172. The Kier molecular flexibility index (Phi) is 6.73. The molecular formula is C15H30N4O2. The number of hydrogen-bond donors (Lipinski definition) is 2. The summed E-state index contributed by atoms with van der Waals surface area (Å²) in [4.78, 5) is 16.8. The van der Waals surface area contributed by atoms with Gasteiger partial charge in [-0.05, 0) is 32.2 Å². The monoisotopic (exact) mass is 298 g/mol. The number of nitrogens with two attached hydrogens (primary N) is 1. The average Bonchev–Trinajstić information content (AvgIpc) is 2.86. The first-order valence-corrected chi connectivity index (χ1v) is 8.32. The first-order valence-electron chi connectivity index (χ1n) is 8.32. The van der Waals surface area contributed by atoms with Gasteiger partial charge in [-0.25, -0.2) is 4.79 Å². The lowest BCUT2D eigenvalue weighted by atomic mass is 10.1. The van der Waals surface area contributed by atoms with Crippen LogP contribution in [0.15, 0.2) is 0 Å². The summed E-state index contributed by atoms with van der Waals surface area (Å²) in [5.41, 5.74) is 5.70. The number of carbonyl (C=O) groups is 1. The highest BCUT2D eigenvalue weighted by Crippen LogP contribution is 2.13. The van der Waals surface area contributed by atoms with Crippen molar-refractivity contribution < 1.29 is 9.53 Å². The lowest BCUT2D eigenvalue weighted by Crippen LogP contribution is -2.47. The average molecular weight is 298 g/mol. The van der Waals surface area contributed by atoms with E-state index in [1.165, 1.54) is 0 Å². The standard InChI is InChI=1S/C15H30N4O2/c1-2-14(4-6-16)18-7-3-8-19(10-9-18)15(20)17-13-5-11-21-12-13/h13-14H,2-12,16H2,1H3,(H,17,20). The van der Waals surface area contributed by atoms with E-state index in [4.69, 9.17) is 10.5 Å². The number of rotatable bonds is 5. The van der Waals surface area contributed by atoms with E-state index < -0.39 is 0 Å². The van der Waals surface area contributed by atoms with Crippen LogP contribution in [0.5, 0.6) is 0 Å². The van der Waals surface area contributed by atoms with Crippen LogP contribution in [0.1, 0.15) is 32.6 Å². The van der Waals surface area contributed by atoms with Crippen LogP contribution in [0.2, 0.25) is 0 Å². The quantitative estimate of drug-likeness (QED) is 0.780. The normalized spacial score (nSPS) is 25.6. The van der Waals surface area contributed by atoms with E-state index in [2.05, 4.69) is 17.1 Å². The zero-order valence-electron chi connectivity index (χ0n) is 13.2. The van der Waals surface area contributed by atoms with Crippen LogP contribution in [0.3, 0.4) is 0 Å². The highest BCUT2D eigenvalue weighted by molar-refractivity contribution is 5.74. The second-order valence-corrected chi connectivity index (χ2v) is 6.03. The van der Waals surface area contributed by atoms with Crippen LogP contribution in [-0.2, 0) is 4.74 Å². The van der Waals surface area contributed by atoms with Crippen molar-refractivity contribution in [2.24, 2.45) is 5.73 Å². The molecule has 122 valence electrons. The molecule has 0 aromatic rings. The molecule has 0 spiro atoms. The summed E-state index contributed by atoms with van der Waals surface area (Å²) in [6.45, 7) is 8.03. The van der Waals surface area contributed by atoms with Crippen molar-refractivity contribution in [1.82, 2.24) is 15.1 Å². The van der Waals surface area contributed by atoms with Gasteiger partial charge in [-0.15, -0.1) is 0 Å². The fraction of sp³-hybridized carbons (Fsp3) is 0.933. The number of carbonyl (C=O) groups excluding carboxylic acids is 1. The fourth-order valence-corrected chi connectivity index (χ4v) is 3.26. The van der Waals surface area contributed by atoms with Crippen molar-refractivity contribution in [2.45, 2.75) is 44.7 Å². The molecular weight excluding hydrogens is 268 g/mol. The smallest absolute Gasteiger partial charge is 0.317 e. The van der Waals surface area contributed by atoms with E-state index in [1.54, 1.807) is 0 Å². The van der Waals surface area contributed by atoms with Gasteiger partial charge in [-0.3, -0.25) is 4.90 Å². The fourth-order valence-electron chi connectivity index (χ4n) is 3.26. The predicted octanol–water partition coefficient (Wildman–Crippen LogP) is 0.620. The van der Waals surface area contributed by atoms with Crippen LogP contribution in [0, 0.1) is 0 Å². The molecule has 0 aromatic heterocycles. The van der Waals surface area contributed by atoms with Gasteiger partial charge in [0, 0.05) is 38.8 Å². The van der Waals surface area contributed by atoms with Gasteiger partial charge >= 0.3 is 6.03 Å². The molecule has 0 bridgehead atoms. The summed E-state index contributed by atoms with van der Waals surface area (Å²) in [7, 11) is 0. The predicted molar refractivity (Wildman–Crippen MR) is 83.3 cm³/mol. The lowest BCUT2D eigenvalue weighted by Gasteiger charge is -2.29. The third-order valence-corrected chi connectivity index (χ3v) is 4.56. The van der Waals surface area contributed by atoms with Crippen molar-refractivity contribution in [1.29, 1.82) is 0 Å². The van der Waals surface area contributed by atoms with Crippen LogP contribution < -0.4 is 11.1 Å². The molecule has 2 fully saturated rings. The van der Waals surface area contributed by atoms with Gasteiger partial charge in [0.15, 0.2) is 0 Å². The summed E-state index contributed by atoms with van der Waals surface area (Å²) in [5, 5.41) is 3.08. The molecule has 6 heteroatoms. The van der Waals surface area contributed by atoms with Gasteiger partial charge in [-0.1, -0.05) is 6.92 Å². The summed E-state index contributed by atoms with van der Waals surface area (Å²) in [6.07, 6.45) is 4.14. The number of urea groups is 1. The number of amides is 2. The first-order chi connectivity index (χ1) is 10.2. The largest absolute Gasteiger partial charge is 0.379 e. The van der Waals surface area contributed by atoms with Crippen LogP contribution in [0.4, 0.5) is 4.79 Å². The van der Waals surface area contributed by atoms with Crippen LogP contribution in [-0.4, -0.2) is 73.9 Å². The summed E-state index contributed by atoms with van der Waals surface area (Å²) < 4.78 is 5.31. The van der Waals surface area contributed by atoms with Crippen molar-refractivity contribution in [3.8, 4) is 0 Å². The highest BCUT2D eigenvalue weighted by atomic mass is 16.5. The minimum Gasteiger partial charge on any atom is -0.379 e. The number of nitrogens with one attached hydrogen (secondary N) is 1. The van der Waals surface area contributed by atoms with Gasteiger partial charge in [0.05, 0.1) is 12.6 Å². The molecule has 0 aliphatic carbocycles.